The van der Waals surface area contributed by atoms with Crippen molar-refractivity contribution in [2.24, 2.45) is 0 Å². The summed E-state index contributed by atoms with van der Waals surface area (Å²) in [6.45, 7) is 1.98. The molecule has 0 amide bonds. The second kappa shape index (κ2) is 4.79. The van der Waals surface area contributed by atoms with Crippen molar-refractivity contribution in [3.05, 3.63) is 59.9 Å². The number of rotatable bonds is 2. The number of benzene rings is 2. The van der Waals surface area contributed by atoms with Gasteiger partial charge in [-0.15, -0.1) is 0 Å². The molecule has 0 aliphatic rings. The van der Waals surface area contributed by atoms with Gasteiger partial charge in [0.1, 0.15) is 0 Å². The molecule has 0 saturated carbocycles. The SMILES string of the molecule is Cc1cccc(F)c1[Te]c1ccccc1. The van der Waals surface area contributed by atoms with Crippen LogP contribution in [0.25, 0.3) is 0 Å². The van der Waals surface area contributed by atoms with Crippen molar-refractivity contribution in [1.29, 1.82) is 0 Å². The summed E-state index contributed by atoms with van der Waals surface area (Å²) >= 11 is -0.582. The first kappa shape index (κ1) is 10.7. The maximum atomic E-state index is 13.6. The van der Waals surface area contributed by atoms with Gasteiger partial charge in [0, 0.05) is 0 Å². The van der Waals surface area contributed by atoms with Gasteiger partial charge in [-0.1, -0.05) is 0 Å². The Bertz CT molecular complexity index is 431. The van der Waals surface area contributed by atoms with E-state index in [1.807, 2.05) is 31.2 Å². The molecule has 2 rings (SSSR count). The van der Waals surface area contributed by atoms with Crippen LogP contribution >= 0.6 is 0 Å². The minimum absolute atomic E-state index is 0.0544. The van der Waals surface area contributed by atoms with E-state index in [-0.39, 0.29) is 5.82 Å². The third-order valence-electron chi connectivity index (χ3n) is 2.13. The zero-order valence-corrected chi connectivity index (χ0v) is 10.7. The van der Waals surface area contributed by atoms with E-state index in [0.29, 0.717) is 0 Å². The predicted molar refractivity (Wildman–Crippen MR) is 62.6 cm³/mol. The molecule has 0 heterocycles. The molecule has 0 atom stereocenters. The fourth-order valence-electron chi connectivity index (χ4n) is 1.35. The Morgan fingerprint density at radius 3 is 2.33 bits per heavy atom. The van der Waals surface area contributed by atoms with Crippen molar-refractivity contribution in [3.8, 4) is 0 Å². The maximum absolute atomic E-state index is 13.6. The molecule has 2 aromatic rings. The van der Waals surface area contributed by atoms with E-state index in [1.54, 1.807) is 12.1 Å². The van der Waals surface area contributed by atoms with Gasteiger partial charge in [-0.05, 0) is 0 Å². The van der Waals surface area contributed by atoms with Crippen LogP contribution in [0.2, 0.25) is 0 Å². The van der Waals surface area contributed by atoms with Crippen LogP contribution in [0, 0.1) is 12.7 Å². The second-order valence-electron chi connectivity index (χ2n) is 3.30. The van der Waals surface area contributed by atoms with Crippen molar-refractivity contribution in [2.75, 3.05) is 0 Å². The van der Waals surface area contributed by atoms with Crippen LogP contribution in [0.3, 0.4) is 0 Å². The van der Waals surface area contributed by atoms with Crippen molar-refractivity contribution in [2.45, 2.75) is 6.92 Å². The molecule has 2 aromatic carbocycles. The molecule has 0 bridgehead atoms. The van der Waals surface area contributed by atoms with Gasteiger partial charge in [0.25, 0.3) is 0 Å². The van der Waals surface area contributed by atoms with E-state index in [0.717, 1.165) is 9.17 Å². The topological polar surface area (TPSA) is 0 Å². The number of hydrogen-bond donors (Lipinski definition) is 0. The van der Waals surface area contributed by atoms with E-state index in [1.165, 1.54) is 3.61 Å². The van der Waals surface area contributed by atoms with E-state index < -0.39 is 20.9 Å². The average molecular weight is 314 g/mol. The van der Waals surface area contributed by atoms with Crippen LogP contribution < -0.4 is 7.22 Å². The van der Waals surface area contributed by atoms with Crippen LogP contribution in [0.4, 0.5) is 4.39 Å². The van der Waals surface area contributed by atoms with E-state index in [4.69, 9.17) is 0 Å². The summed E-state index contributed by atoms with van der Waals surface area (Å²) in [6, 6.07) is 15.5. The Kier molecular flexibility index (Phi) is 3.41. The number of halogens is 1. The normalized spacial score (nSPS) is 10.3. The van der Waals surface area contributed by atoms with Crippen LogP contribution in [0.1, 0.15) is 5.56 Å². The number of aryl methyl sites for hydroxylation is 1. The minimum atomic E-state index is -0.582. The summed E-state index contributed by atoms with van der Waals surface area (Å²) in [5.41, 5.74) is 1.07. The molecule has 76 valence electrons. The molecule has 0 fully saturated rings. The summed E-state index contributed by atoms with van der Waals surface area (Å²) < 4.78 is 15.8. The van der Waals surface area contributed by atoms with Gasteiger partial charge in [-0.2, -0.15) is 0 Å². The van der Waals surface area contributed by atoms with Gasteiger partial charge in [0.05, 0.1) is 0 Å². The monoisotopic (exact) mass is 316 g/mol. The molecule has 0 aliphatic heterocycles. The van der Waals surface area contributed by atoms with Crippen molar-refractivity contribution < 1.29 is 4.39 Å². The molecule has 0 radical (unpaired) electrons. The fraction of sp³-hybridized carbons (Fsp3) is 0.0769. The molecule has 15 heavy (non-hydrogen) atoms. The fourth-order valence-corrected chi connectivity index (χ4v) is 3.99. The quantitative estimate of drug-likeness (QED) is 0.742. The van der Waals surface area contributed by atoms with E-state index in [9.17, 15) is 4.39 Å². The van der Waals surface area contributed by atoms with Gasteiger partial charge >= 0.3 is 99.4 Å². The summed E-state index contributed by atoms with van der Waals surface area (Å²) in [6.07, 6.45) is 0. The predicted octanol–water partition coefficient (Wildman–Crippen LogP) is 1.79. The van der Waals surface area contributed by atoms with Crippen LogP contribution in [0.15, 0.2) is 48.5 Å². The van der Waals surface area contributed by atoms with Crippen molar-refractivity contribution in [3.63, 3.8) is 0 Å². The van der Waals surface area contributed by atoms with Gasteiger partial charge in [0.2, 0.25) is 0 Å². The average Bonchev–Trinajstić information content (AvgIpc) is 2.25. The van der Waals surface area contributed by atoms with Gasteiger partial charge in [-0.3, -0.25) is 0 Å². The van der Waals surface area contributed by atoms with Crippen LogP contribution in [-0.4, -0.2) is 20.9 Å². The molecule has 0 nitrogen and oxygen atoms in total. The Labute approximate surface area is 99.2 Å². The van der Waals surface area contributed by atoms with Gasteiger partial charge in [0.15, 0.2) is 0 Å². The first-order valence-corrected chi connectivity index (χ1v) is 7.08. The van der Waals surface area contributed by atoms with Crippen molar-refractivity contribution in [1.82, 2.24) is 0 Å². The van der Waals surface area contributed by atoms with Crippen LogP contribution in [0.5, 0.6) is 0 Å². The summed E-state index contributed by atoms with van der Waals surface area (Å²) in [4.78, 5) is 0. The molecule has 0 spiro atoms. The molecule has 0 N–H and O–H groups in total. The Morgan fingerprint density at radius 2 is 1.67 bits per heavy atom. The van der Waals surface area contributed by atoms with Crippen molar-refractivity contribution >= 4 is 28.1 Å². The second-order valence-corrected chi connectivity index (χ2v) is 6.39. The number of hydrogen-bond acceptors (Lipinski definition) is 0. The molecular weight excluding hydrogens is 303 g/mol. The summed E-state index contributed by atoms with van der Waals surface area (Å²) in [5.74, 6) is -0.0544. The molecule has 0 aromatic heterocycles. The Balaban J connectivity index is 2.32. The van der Waals surface area contributed by atoms with E-state index >= 15 is 0 Å². The molecule has 2 heteroatoms. The molecular formula is C13H11FTe. The standard InChI is InChI=1S/C13H11FTe/c1-10-6-5-9-12(14)13(10)15-11-7-3-2-4-8-11/h2-9H,1H3. The van der Waals surface area contributed by atoms with Gasteiger partial charge < -0.3 is 0 Å². The summed E-state index contributed by atoms with van der Waals surface area (Å²) in [5, 5.41) is 0. The third kappa shape index (κ3) is 2.59. The first-order valence-electron chi connectivity index (χ1n) is 4.75. The zero-order valence-electron chi connectivity index (χ0n) is 8.41. The first-order chi connectivity index (χ1) is 7.27. The van der Waals surface area contributed by atoms with Gasteiger partial charge in [-0.25, -0.2) is 0 Å². The Morgan fingerprint density at radius 1 is 0.933 bits per heavy atom. The zero-order chi connectivity index (χ0) is 10.7. The third-order valence-corrected chi connectivity index (χ3v) is 5.63. The summed E-state index contributed by atoms with van der Waals surface area (Å²) in [7, 11) is 0. The van der Waals surface area contributed by atoms with E-state index in [2.05, 4.69) is 12.1 Å². The van der Waals surface area contributed by atoms with Crippen LogP contribution in [-0.2, 0) is 0 Å². The molecule has 0 saturated heterocycles. The molecule has 0 aliphatic carbocycles. The Hall–Kier alpha value is -0.840. The molecule has 0 unspecified atom stereocenters.